The third-order valence-corrected chi connectivity index (χ3v) is 3.77. The van der Waals surface area contributed by atoms with Crippen molar-refractivity contribution in [2.45, 2.75) is 40.0 Å². The summed E-state index contributed by atoms with van der Waals surface area (Å²) in [4.78, 5) is 18.6. The first-order valence-electron chi connectivity index (χ1n) is 7.16. The topological polar surface area (TPSA) is 33.2 Å². The van der Waals surface area contributed by atoms with Gasteiger partial charge in [-0.25, -0.2) is 0 Å². The number of aromatic nitrogens is 1. The summed E-state index contributed by atoms with van der Waals surface area (Å²) >= 11 is 0. The van der Waals surface area contributed by atoms with Crippen LogP contribution >= 0.6 is 0 Å². The molecule has 1 fully saturated rings. The van der Waals surface area contributed by atoms with E-state index in [2.05, 4.69) is 11.1 Å². The number of amides is 1. The van der Waals surface area contributed by atoms with Crippen molar-refractivity contribution in [3.63, 3.8) is 0 Å². The average molecular weight is 260 g/mol. The molecule has 1 aliphatic rings. The lowest BCUT2D eigenvalue weighted by molar-refractivity contribution is -0.140. The second-order valence-corrected chi connectivity index (χ2v) is 6.51. The molecule has 3 heteroatoms. The van der Waals surface area contributed by atoms with Crippen molar-refractivity contribution in [1.82, 2.24) is 9.88 Å². The van der Waals surface area contributed by atoms with E-state index < -0.39 is 0 Å². The van der Waals surface area contributed by atoms with Crippen LogP contribution in [0.5, 0.6) is 0 Å². The fraction of sp³-hybridized carbons (Fsp3) is 0.625. The van der Waals surface area contributed by atoms with Gasteiger partial charge in [0.05, 0.1) is 0 Å². The molecule has 19 heavy (non-hydrogen) atoms. The summed E-state index contributed by atoms with van der Waals surface area (Å²) in [5.41, 5.74) is 0.913. The van der Waals surface area contributed by atoms with Crippen molar-refractivity contribution in [3.8, 4) is 0 Å². The maximum atomic E-state index is 12.2. The third-order valence-electron chi connectivity index (χ3n) is 3.77. The molecule has 3 nitrogen and oxygen atoms in total. The molecule has 1 saturated heterocycles. The Morgan fingerprint density at radius 2 is 2.00 bits per heavy atom. The van der Waals surface area contributed by atoms with Gasteiger partial charge in [-0.15, -0.1) is 0 Å². The Bertz CT molecular complexity index is 414. The third kappa shape index (κ3) is 3.79. The summed E-state index contributed by atoms with van der Waals surface area (Å²) in [6.07, 6.45) is 5.09. The van der Waals surface area contributed by atoms with Gasteiger partial charge in [0.1, 0.15) is 0 Å². The summed E-state index contributed by atoms with van der Waals surface area (Å²) < 4.78 is 0. The molecule has 0 saturated carbocycles. The van der Waals surface area contributed by atoms with Gasteiger partial charge in [0.2, 0.25) is 5.91 Å². The monoisotopic (exact) mass is 260 g/mol. The Labute approximate surface area is 116 Å². The fourth-order valence-corrected chi connectivity index (χ4v) is 2.63. The number of carbonyl (C=O) groups is 1. The summed E-state index contributed by atoms with van der Waals surface area (Å²) in [7, 11) is 0. The van der Waals surface area contributed by atoms with Gasteiger partial charge in [0.25, 0.3) is 0 Å². The van der Waals surface area contributed by atoms with Crippen LogP contribution in [0, 0.1) is 11.3 Å². The maximum absolute atomic E-state index is 12.2. The minimum Gasteiger partial charge on any atom is -0.342 e. The zero-order chi connectivity index (χ0) is 13.9. The highest BCUT2D eigenvalue weighted by Crippen LogP contribution is 2.25. The second kappa shape index (κ2) is 5.72. The standard InChI is InChI=1S/C16H24N2O/c1-16(2,3)15(19)18-10-7-13(8-11-18)12-14-6-4-5-9-17-14/h4-6,9,13H,7-8,10-12H2,1-3H3. The largest absolute Gasteiger partial charge is 0.342 e. The highest BCUT2D eigenvalue weighted by Gasteiger charge is 2.30. The Morgan fingerprint density at radius 1 is 1.32 bits per heavy atom. The molecule has 1 aromatic heterocycles. The van der Waals surface area contributed by atoms with Crippen LogP contribution in [0.3, 0.4) is 0 Å². The average Bonchev–Trinajstić information content (AvgIpc) is 2.39. The lowest BCUT2D eigenvalue weighted by Crippen LogP contribution is -2.44. The van der Waals surface area contributed by atoms with E-state index in [1.165, 1.54) is 5.69 Å². The Kier molecular flexibility index (Phi) is 4.23. The first-order valence-corrected chi connectivity index (χ1v) is 7.16. The molecule has 0 unspecified atom stereocenters. The molecule has 0 atom stereocenters. The molecule has 0 aliphatic carbocycles. The predicted octanol–water partition coefficient (Wildman–Crippen LogP) is 2.91. The number of pyridine rings is 1. The molecule has 1 aromatic rings. The van der Waals surface area contributed by atoms with Crippen molar-refractivity contribution < 1.29 is 4.79 Å². The van der Waals surface area contributed by atoms with Crippen LogP contribution in [-0.4, -0.2) is 28.9 Å². The first-order chi connectivity index (χ1) is 8.97. The number of carbonyl (C=O) groups excluding carboxylic acids is 1. The minimum absolute atomic E-state index is 0.256. The van der Waals surface area contributed by atoms with Crippen LogP contribution in [0.2, 0.25) is 0 Å². The lowest BCUT2D eigenvalue weighted by Gasteiger charge is -2.35. The predicted molar refractivity (Wildman–Crippen MR) is 76.7 cm³/mol. The van der Waals surface area contributed by atoms with Gasteiger partial charge in [0, 0.05) is 30.4 Å². The quantitative estimate of drug-likeness (QED) is 0.819. The van der Waals surface area contributed by atoms with E-state index in [4.69, 9.17) is 0 Å². The van der Waals surface area contributed by atoms with Crippen LogP contribution in [0.15, 0.2) is 24.4 Å². The van der Waals surface area contributed by atoms with Gasteiger partial charge in [-0.05, 0) is 37.3 Å². The van der Waals surface area contributed by atoms with Crippen LogP contribution in [0.1, 0.15) is 39.3 Å². The molecule has 2 heterocycles. The van der Waals surface area contributed by atoms with E-state index in [1.807, 2.05) is 44.0 Å². The highest BCUT2D eigenvalue weighted by molar-refractivity contribution is 5.81. The zero-order valence-electron chi connectivity index (χ0n) is 12.2. The number of hydrogen-bond donors (Lipinski definition) is 0. The van der Waals surface area contributed by atoms with Gasteiger partial charge in [-0.2, -0.15) is 0 Å². The molecule has 0 spiro atoms. The lowest BCUT2D eigenvalue weighted by atomic mass is 9.89. The van der Waals surface area contributed by atoms with Crippen molar-refractivity contribution in [1.29, 1.82) is 0 Å². The molecule has 1 aliphatic heterocycles. The van der Waals surface area contributed by atoms with Crippen molar-refractivity contribution in [3.05, 3.63) is 30.1 Å². The van der Waals surface area contributed by atoms with Crippen LogP contribution < -0.4 is 0 Å². The number of rotatable bonds is 2. The zero-order valence-corrected chi connectivity index (χ0v) is 12.2. The van der Waals surface area contributed by atoms with E-state index in [1.54, 1.807) is 0 Å². The van der Waals surface area contributed by atoms with Crippen molar-refractivity contribution in [2.24, 2.45) is 11.3 Å². The number of likely N-dealkylation sites (tertiary alicyclic amines) is 1. The molecular weight excluding hydrogens is 236 g/mol. The molecule has 0 aromatic carbocycles. The summed E-state index contributed by atoms with van der Waals surface area (Å²) in [5.74, 6) is 0.947. The summed E-state index contributed by atoms with van der Waals surface area (Å²) in [6, 6.07) is 6.08. The maximum Gasteiger partial charge on any atom is 0.227 e. The molecule has 0 bridgehead atoms. The Balaban J connectivity index is 1.85. The smallest absolute Gasteiger partial charge is 0.227 e. The Hall–Kier alpha value is -1.38. The van der Waals surface area contributed by atoms with Crippen LogP contribution in [0.4, 0.5) is 0 Å². The van der Waals surface area contributed by atoms with Gasteiger partial charge >= 0.3 is 0 Å². The minimum atomic E-state index is -0.256. The molecule has 0 radical (unpaired) electrons. The van der Waals surface area contributed by atoms with Gasteiger partial charge in [-0.1, -0.05) is 26.8 Å². The van der Waals surface area contributed by atoms with Crippen LogP contribution in [0.25, 0.3) is 0 Å². The highest BCUT2D eigenvalue weighted by atomic mass is 16.2. The number of piperidine rings is 1. The van der Waals surface area contributed by atoms with Gasteiger partial charge < -0.3 is 4.90 Å². The van der Waals surface area contributed by atoms with Crippen molar-refractivity contribution >= 4 is 5.91 Å². The summed E-state index contributed by atoms with van der Waals surface area (Å²) in [6.45, 7) is 7.78. The van der Waals surface area contributed by atoms with E-state index in [-0.39, 0.29) is 11.3 Å². The molecule has 0 N–H and O–H groups in total. The summed E-state index contributed by atoms with van der Waals surface area (Å²) in [5, 5.41) is 0. The SMILES string of the molecule is CC(C)(C)C(=O)N1CCC(Cc2ccccn2)CC1. The van der Waals surface area contributed by atoms with Gasteiger partial charge in [0.15, 0.2) is 0 Å². The Morgan fingerprint density at radius 3 is 2.53 bits per heavy atom. The fourth-order valence-electron chi connectivity index (χ4n) is 2.63. The normalized spacial score (nSPS) is 17.5. The molecule has 1 amide bonds. The van der Waals surface area contributed by atoms with Crippen molar-refractivity contribution in [2.75, 3.05) is 13.1 Å². The first kappa shape index (κ1) is 14.0. The molecule has 2 rings (SSSR count). The van der Waals surface area contributed by atoms with E-state index in [0.29, 0.717) is 5.92 Å². The van der Waals surface area contributed by atoms with E-state index in [9.17, 15) is 4.79 Å². The molecule has 104 valence electrons. The van der Waals surface area contributed by atoms with E-state index in [0.717, 1.165) is 32.4 Å². The van der Waals surface area contributed by atoms with Crippen LogP contribution in [-0.2, 0) is 11.2 Å². The number of nitrogens with zero attached hydrogens (tertiary/aromatic N) is 2. The van der Waals surface area contributed by atoms with E-state index >= 15 is 0 Å². The van der Waals surface area contributed by atoms with Gasteiger partial charge in [-0.3, -0.25) is 9.78 Å². The second-order valence-electron chi connectivity index (χ2n) is 6.51. The molecular formula is C16H24N2O. The number of hydrogen-bond acceptors (Lipinski definition) is 2.